The fourth-order valence-electron chi connectivity index (χ4n) is 3.23. The first-order valence-electron chi connectivity index (χ1n) is 11.0. The van der Waals surface area contributed by atoms with Crippen LogP contribution in [0.3, 0.4) is 0 Å². The van der Waals surface area contributed by atoms with Crippen LogP contribution in [0.4, 0.5) is 0 Å². The summed E-state index contributed by atoms with van der Waals surface area (Å²) in [6, 6.07) is 0. The third kappa shape index (κ3) is 22.4. The molecule has 0 atom stereocenters. The van der Waals surface area contributed by atoms with Crippen molar-refractivity contribution in [3.63, 3.8) is 0 Å². The second kappa shape index (κ2) is 22.5. The molecule has 0 saturated heterocycles. The van der Waals surface area contributed by atoms with Gasteiger partial charge in [0.05, 0.1) is 6.42 Å². The van der Waals surface area contributed by atoms with Crippen LogP contribution in [0, 0.1) is 0 Å². The Morgan fingerprint density at radius 2 is 1.07 bits per heavy atom. The second-order valence-corrected chi connectivity index (χ2v) is 7.66. The topological polar surface area (TPSA) is 57.6 Å². The summed E-state index contributed by atoms with van der Waals surface area (Å²) in [7, 11) is 1.69. The maximum Gasteiger partial charge on any atom is 2.00 e. The Morgan fingerprint density at radius 1 is 0.704 bits per heavy atom. The van der Waals surface area contributed by atoms with Crippen LogP contribution in [0.5, 0.6) is 0 Å². The molecule has 0 aliphatic rings. The maximum atomic E-state index is 11.8. The summed E-state index contributed by atoms with van der Waals surface area (Å²) < 4.78 is 0. The Balaban J connectivity index is -0.00000104. The molecule has 0 fully saturated rings. The first-order chi connectivity index (χ1) is 12.6. The van der Waals surface area contributed by atoms with Gasteiger partial charge in [-0.3, -0.25) is 9.59 Å². The van der Waals surface area contributed by atoms with Gasteiger partial charge < -0.3 is 12.9 Å². The van der Waals surface area contributed by atoms with Crippen LogP contribution in [0.25, 0.3) is 0 Å². The van der Waals surface area contributed by atoms with E-state index in [1.807, 2.05) is 0 Å². The second-order valence-electron chi connectivity index (χ2n) is 7.66. The molecule has 0 aromatic rings. The van der Waals surface area contributed by atoms with Crippen molar-refractivity contribution in [2.45, 2.75) is 116 Å². The summed E-state index contributed by atoms with van der Waals surface area (Å²) >= 11 is 0. The predicted molar refractivity (Wildman–Crippen MR) is 117 cm³/mol. The van der Waals surface area contributed by atoms with E-state index in [-0.39, 0.29) is 52.9 Å². The van der Waals surface area contributed by atoms with E-state index in [4.69, 9.17) is 5.11 Å². The molecule has 5 heteroatoms. The van der Waals surface area contributed by atoms with Crippen molar-refractivity contribution in [3.05, 3.63) is 0 Å². The average Bonchev–Trinajstić information content (AvgIpc) is 2.62. The summed E-state index contributed by atoms with van der Waals surface area (Å²) in [6.45, 7) is 2.58. The quantitative estimate of drug-likeness (QED) is 0.209. The van der Waals surface area contributed by atoms with Gasteiger partial charge >= 0.3 is 43.7 Å². The van der Waals surface area contributed by atoms with Crippen molar-refractivity contribution in [2.24, 2.45) is 0 Å². The van der Waals surface area contributed by atoms with Gasteiger partial charge in [-0.15, -0.1) is 0 Å². The Kier molecular flexibility index (Phi) is 24.5. The van der Waals surface area contributed by atoms with Crippen LogP contribution >= 0.6 is 0 Å². The number of carbonyl (C=O) groups excluding carboxylic acids is 1. The molecule has 1 N–H and O–H groups in total. The number of hydrogen-bond donors (Lipinski definition) is 1. The zero-order valence-electron chi connectivity index (χ0n) is 20.1. The minimum atomic E-state index is -0.850. The molecule has 0 rings (SSSR count). The van der Waals surface area contributed by atoms with E-state index >= 15 is 0 Å². The fourth-order valence-corrected chi connectivity index (χ4v) is 3.23. The average molecular weight is 412 g/mol. The molecule has 0 saturated carbocycles. The SMILES string of the molecule is CCCCCCCCCCCCCCCCCC(=O)N(C)CCC(=O)O.[Ca+2].[H-].[H-]. The van der Waals surface area contributed by atoms with E-state index < -0.39 is 5.97 Å². The minimum absolute atomic E-state index is 0. The smallest absolute Gasteiger partial charge is 1.00 e. The summed E-state index contributed by atoms with van der Waals surface area (Å²) in [4.78, 5) is 23.9. The molecule has 0 radical (unpaired) electrons. The molecule has 0 aliphatic carbocycles. The van der Waals surface area contributed by atoms with E-state index in [9.17, 15) is 9.59 Å². The summed E-state index contributed by atoms with van der Waals surface area (Å²) in [5, 5.41) is 8.62. The first kappa shape index (κ1) is 29.4. The molecule has 0 aromatic heterocycles. The molecule has 0 aromatic carbocycles. The van der Waals surface area contributed by atoms with Gasteiger partial charge in [-0.1, -0.05) is 96.8 Å². The van der Waals surface area contributed by atoms with Gasteiger partial charge in [-0.2, -0.15) is 0 Å². The molecule has 1 amide bonds. The largest absolute Gasteiger partial charge is 2.00 e. The third-order valence-corrected chi connectivity index (χ3v) is 5.08. The molecule has 0 unspecified atom stereocenters. The molecule has 0 bridgehead atoms. The third-order valence-electron chi connectivity index (χ3n) is 5.08. The van der Waals surface area contributed by atoms with E-state index in [1.54, 1.807) is 7.05 Å². The van der Waals surface area contributed by atoms with Gasteiger partial charge in [0.25, 0.3) is 0 Å². The number of carboxylic acids is 1. The molecule has 27 heavy (non-hydrogen) atoms. The van der Waals surface area contributed by atoms with Crippen molar-refractivity contribution >= 4 is 49.6 Å². The number of nitrogens with zero attached hydrogens (tertiary/aromatic N) is 1. The number of carbonyl (C=O) groups is 2. The summed E-state index contributed by atoms with van der Waals surface area (Å²) in [6.07, 6.45) is 20.4. The van der Waals surface area contributed by atoms with Crippen molar-refractivity contribution in [2.75, 3.05) is 13.6 Å². The Hall–Kier alpha value is 0.200. The van der Waals surface area contributed by atoms with Crippen molar-refractivity contribution in [3.8, 4) is 0 Å². The maximum absolute atomic E-state index is 11.8. The van der Waals surface area contributed by atoms with E-state index in [0.29, 0.717) is 13.0 Å². The zero-order valence-corrected chi connectivity index (χ0v) is 20.4. The van der Waals surface area contributed by atoms with E-state index in [2.05, 4.69) is 6.92 Å². The monoisotopic (exact) mass is 411 g/mol. The molecular formula is C22H45CaNO3. The standard InChI is InChI=1S/C22H43NO3.Ca.2H/c1-3-4-5-6-7-8-9-10-11-12-13-14-15-16-17-18-21(24)23(2)20-19-22(25)26;;;/h3-20H2,1-2H3,(H,25,26);;;/q;+2;2*-1. The van der Waals surface area contributed by atoms with Crippen LogP contribution in [0.1, 0.15) is 119 Å². The number of rotatable bonds is 19. The first-order valence-corrected chi connectivity index (χ1v) is 11.0. The van der Waals surface area contributed by atoms with Crippen LogP contribution in [-0.4, -0.2) is 73.2 Å². The van der Waals surface area contributed by atoms with Crippen LogP contribution in [-0.2, 0) is 9.59 Å². The van der Waals surface area contributed by atoms with Crippen molar-refractivity contribution in [1.82, 2.24) is 4.90 Å². The number of hydrogen-bond acceptors (Lipinski definition) is 2. The number of carboxylic acid groups (broad SMARTS) is 1. The Morgan fingerprint density at radius 3 is 1.44 bits per heavy atom. The van der Waals surface area contributed by atoms with Gasteiger partial charge in [0.1, 0.15) is 0 Å². The van der Waals surface area contributed by atoms with Crippen LogP contribution < -0.4 is 0 Å². The van der Waals surface area contributed by atoms with Gasteiger partial charge in [-0.05, 0) is 6.42 Å². The molecule has 158 valence electrons. The Bertz CT molecular complexity index is 361. The van der Waals surface area contributed by atoms with E-state index in [0.717, 1.165) is 12.8 Å². The number of unbranched alkanes of at least 4 members (excludes halogenated alkanes) is 14. The van der Waals surface area contributed by atoms with Gasteiger partial charge in [-0.25, -0.2) is 0 Å². The molecule has 0 spiro atoms. The van der Waals surface area contributed by atoms with Crippen molar-refractivity contribution in [1.29, 1.82) is 0 Å². The molecule has 4 nitrogen and oxygen atoms in total. The molecular weight excluding hydrogens is 366 g/mol. The summed E-state index contributed by atoms with van der Waals surface area (Å²) in [5.74, 6) is -0.780. The van der Waals surface area contributed by atoms with Gasteiger partial charge in [0.2, 0.25) is 5.91 Å². The van der Waals surface area contributed by atoms with E-state index in [1.165, 1.54) is 88.4 Å². The number of amides is 1. The van der Waals surface area contributed by atoms with Crippen molar-refractivity contribution < 1.29 is 17.5 Å². The summed E-state index contributed by atoms with van der Waals surface area (Å²) in [5.41, 5.74) is 0. The van der Waals surface area contributed by atoms with Crippen LogP contribution in [0.2, 0.25) is 0 Å². The molecule has 0 aliphatic heterocycles. The minimum Gasteiger partial charge on any atom is -1.00 e. The normalized spacial score (nSPS) is 10.4. The zero-order chi connectivity index (χ0) is 19.5. The molecule has 0 heterocycles. The fraction of sp³-hybridized carbons (Fsp3) is 0.909. The predicted octanol–water partition coefficient (Wildman–Crippen LogP) is 6.03. The van der Waals surface area contributed by atoms with Crippen LogP contribution in [0.15, 0.2) is 0 Å². The Labute approximate surface area is 200 Å². The van der Waals surface area contributed by atoms with Gasteiger partial charge in [0, 0.05) is 20.0 Å². The number of aliphatic carboxylic acids is 1. The van der Waals surface area contributed by atoms with Gasteiger partial charge in [0.15, 0.2) is 0 Å².